The number of hydrogen-bond acceptors (Lipinski definition) is 6. The SMILES string of the molecule is O=C1c2cccc([N+](=O)[O-])c2C(=O)N1Cc1coc(-c2ccccc2)n1. The highest BCUT2D eigenvalue weighted by atomic mass is 16.6. The van der Waals surface area contributed by atoms with Gasteiger partial charge in [0.1, 0.15) is 11.8 Å². The van der Waals surface area contributed by atoms with E-state index in [9.17, 15) is 19.7 Å². The van der Waals surface area contributed by atoms with Gasteiger partial charge >= 0.3 is 0 Å². The Bertz CT molecular complexity index is 1040. The van der Waals surface area contributed by atoms with Crippen molar-refractivity contribution in [3.8, 4) is 11.5 Å². The largest absolute Gasteiger partial charge is 0.444 e. The van der Waals surface area contributed by atoms with Crippen molar-refractivity contribution in [3.63, 3.8) is 0 Å². The summed E-state index contributed by atoms with van der Waals surface area (Å²) in [4.78, 5) is 40.7. The van der Waals surface area contributed by atoms with Gasteiger partial charge in [0.25, 0.3) is 17.5 Å². The Morgan fingerprint density at radius 3 is 2.54 bits per heavy atom. The van der Waals surface area contributed by atoms with Crippen molar-refractivity contribution >= 4 is 17.5 Å². The van der Waals surface area contributed by atoms with E-state index in [4.69, 9.17) is 4.42 Å². The van der Waals surface area contributed by atoms with Crippen molar-refractivity contribution in [1.29, 1.82) is 0 Å². The topological polar surface area (TPSA) is 107 Å². The van der Waals surface area contributed by atoms with Crippen LogP contribution in [0.1, 0.15) is 26.4 Å². The van der Waals surface area contributed by atoms with Gasteiger partial charge in [-0.15, -0.1) is 0 Å². The second-order valence-electron chi connectivity index (χ2n) is 5.66. The number of benzene rings is 2. The Morgan fingerprint density at radius 1 is 1.04 bits per heavy atom. The van der Waals surface area contributed by atoms with E-state index < -0.39 is 16.7 Å². The first-order chi connectivity index (χ1) is 12.6. The molecule has 2 heterocycles. The van der Waals surface area contributed by atoms with E-state index in [1.54, 1.807) is 0 Å². The van der Waals surface area contributed by atoms with E-state index in [-0.39, 0.29) is 23.4 Å². The van der Waals surface area contributed by atoms with Crippen LogP contribution in [0, 0.1) is 10.1 Å². The zero-order valence-corrected chi connectivity index (χ0v) is 13.3. The van der Waals surface area contributed by atoms with Gasteiger partial charge in [-0.05, 0) is 18.2 Å². The number of oxazole rings is 1. The number of aromatic nitrogens is 1. The third-order valence-electron chi connectivity index (χ3n) is 4.07. The van der Waals surface area contributed by atoms with Gasteiger partial charge < -0.3 is 4.42 Å². The number of nitrogens with zero attached hydrogens (tertiary/aromatic N) is 3. The predicted octanol–water partition coefficient (Wildman–Crippen LogP) is 3.05. The van der Waals surface area contributed by atoms with Crippen molar-refractivity contribution in [2.75, 3.05) is 0 Å². The van der Waals surface area contributed by atoms with Gasteiger partial charge in [-0.25, -0.2) is 4.98 Å². The predicted molar refractivity (Wildman–Crippen MR) is 89.2 cm³/mol. The van der Waals surface area contributed by atoms with Crippen molar-refractivity contribution in [2.45, 2.75) is 6.54 Å². The summed E-state index contributed by atoms with van der Waals surface area (Å²) in [6.45, 7) is -0.125. The van der Waals surface area contributed by atoms with Crippen molar-refractivity contribution in [3.05, 3.63) is 81.7 Å². The van der Waals surface area contributed by atoms with Crippen LogP contribution in [0.2, 0.25) is 0 Å². The molecule has 1 aliphatic rings. The molecule has 26 heavy (non-hydrogen) atoms. The van der Waals surface area contributed by atoms with E-state index in [0.29, 0.717) is 11.6 Å². The summed E-state index contributed by atoms with van der Waals surface area (Å²) >= 11 is 0. The molecule has 0 saturated carbocycles. The van der Waals surface area contributed by atoms with Crippen molar-refractivity contribution in [1.82, 2.24) is 9.88 Å². The Labute approximate surface area is 146 Å². The molecule has 128 valence electrons. The van der Waals surface area contributed by atoms with Crippen LogP contribution in [-0.2, 0) is 6.54 Å². The lowest BCUT2D eigenvalue weighted by molar-refractivity contribution is -0.385. The number of imide groups is 1. The molecule has 0 bridgehead atoms. The molecule has 1 aliphatic heterocycles. The maximum Gasteiger partial charge on any atom is 0.282 e. The van der Waals surface area contributed by atoms with Crippen LogP contribution in [0.25, 0.3) is 11.5 Å². The summed E-state index contributed by atoms with van der Waals surface area (Å²) in [5.74, 6) is -0.928. The van der Waals surface area contributed by atoms with Crippen LogP contribution >= 0.6 is 0 Å². The van der Waals surface area contributed by atoms with Gasteiger partial charge in [0.05, 0.1) is 22.7 Å². The first-order valence-electron chi connectivity index (χ1n) is 7.69. The smallest absolute Gasteiger partial charge is 0.282 e. The third kappa shape index (κ3) is 2.44. The molecule has 4 rings (SSSR count). The molecule has 0 spiro atoms. The second-order valence-corrected chi connectivity index (χ2v) is 5.66. The fourth-order valence-corrected chi connectivity index (χ4v) is 2.87. The minimum Gasteiger partial charge on any atom is -0.444 e. The van der Waals surface area contributed by atoms with Gasteiger partial charge in [0.2, 0.25) is 5.89 Å². The Hall–Kier alpha value is -3.81. The van der Waals surface area contributed by atoms with Gasteiger partial charge in [0.15, 0.2) is 0 Å². The van der Waals surface area contributed by atoms with E-state index in [1.165, 1.54) is 24.5 Å². The summed E-state index contributed by atoms with van der Waals surface area (Å²) in [7, 11) is 0. The minimum atomic E-state index is -0.707. The fourth-order valence-electron chi connectivity index (χ4n) is 2.87. The van der Waals surface area contributed by atoms with E-state index in [1.807, 2.05) is 30.3 Å². The number of hydrogen-bond donors (Lipinski definition) is 0. The molecule has 0 radical (unpaired) electrons. The Balaban J connectivity index is 1.63. The summed E-state index contributed by atoms with van der Waals surface area (Å²) in [5.41, 5.74) is 0.594. The van der Waals surface area contributed by atoms with Gasteiger partial charge in [-0.2, -0.15) is 0 Å². The number of carbonyl (C=O) groups excluding carboxylic acids is 2. The van der Waals surface area contributed by atoms with Crippen molar-refractivity contribution < 1.29 is 18.9 Å². The van der Waals surface area contributed by atoms with Gasteiger partial charge in [-0.1, -0.05) is 24.3 Å². The van der Waals surface area contributed by atoms with Crippen LogP contribution in [0.3, 0.4) is 0 Å². The second kappa shape index (κ2) is 5.92. The average molecular weight is 349 g/mol. The molecule has 3 aromatic rings. The minimum absolute atomic E-state index is 0.0241. The Morgan fingerprint density at radius 2 is 1.81 bits per heavy atom. The third-order valence-corrected chi connectivity index (χ3v) is 4.07. The summed E-state index contributed by atoms with van der Waals surface area (Å²) in [6, 6.07) is 13.2. The number of nitro groups is 1. The lowest BCUT2D eigenvalue weighted by atomic mass is 10.1. The monoisotopic (exact) mass is 349 g/mol. The molecule has 2 amide bonds. The maximum absolute atomic E-state index is 12.6. The van der Waals surface area contributed by atoms with Crippen LogP contribution in [0.15, 0.2) is 59.2 Å². The first kappa shape index (κ1) is 15.7. The van der Waals surface area contributed by atoms with Crippen LogP contribution in [0.5, 0.6) is 0 Å². The van der Waals surface area contributed by atoms with Crippen molar-refractivity contribution in [2.24, 2.45) is 0 Å². The first-order valence-corrected chi connectivity index (χ1v) is 7.69. The normalized spacial score (nSPS) is 13.2. The summed E-state index contributed by atoms with van der Waals surface area (Å²) in [6.07, 6.45) is 1.36. The lowest BCUT2D eigenvalue weighted by Crippen LogP contribution is -2.29. The van der Waals surface area contributed by atoms with Crippen LogP contribution < -0.4 is 0 Å². The molecule has 0 atom stereocenters. The molecule has 0 aliphatic carbocycles. The molecule has 8 heteroatoms. The zero-order valence-electron chi connectivity index (χ0n) is 13.3. The molecule has 0 fully saturated rings. The average Bonchev–Trinajstić information content (AvgIpc) is 3.22. The Kier molecular flexibility index (Phi) is 3.58. The maximum atomic E-state index is 12.6. The van der Waals surface area contributed by atoms with E-state index in [2.05, 4.69) is 4.98 Å². The highest BCUT2D eigenvalue weighted by Crippen LogP contribution is 2.31. The van der Waals surface area contributed by atoms with E-state index in [0.717, 1.165) is 10.5 Å². The molecular weight excluding hydrogens is 338 g/mol. The van der Waals surface area contributed by atoms with Crippen LogP contribution in [0.4, 0.5) is 5.69 Å². The molecule has 0 saturated heterocycles. The molecule has 8 nitrogen and oxygen atoms in total. The summed E-state index contributed by atoms with van der Waals surface area (Å²) < 4.78 is 5.40. The molecule has 0 unspecified atom stereocenters. The number of fused-ring (bicyclic) bond motifs is 1. The molecular formula is C18H11N3O5. The highest BCUT2D eigenvalue weighted by Gasteiger charge is 2.41. The zero-order chi connectivity index (χ0) is 18.3. The van der Waals surface area contributed by atoms with Crippen LogP contribution in [-0.4, -0.2) is 26.6 Å². The van der Waals surface area contributed by atoms with Gasteiger partial charge in [0, 0.05) is 11.6 Å². The fraction of sp³-hybridized carbons (Fsp3) is 0.0556. The standard InChI is InChI=1S/C18H11N3O5/c22-17-13-7-4-8-14(21(24)25)15(13)18(23)20(17)9-12-10-26-16(19-12)11-5-2-1-3-6-11/h1-8,10H,9H2. The summed E-state index contributed by atoms with van der Waals surface area (Å²) in [5, 5.41) is 11.1. The lowest BCUT2D eigenvalue weighted by Gasteiger charge is -2.10. The molecule has 1 aromatic heterocycles. The number of rotatable bonds is 4. The number of amides is 2. The van der Waals surface area contributed by atoms with E-state index >= 15 is 0 Å². The highest BCUT2D eigenvalue weighted by molar-refractivity contribution is 6.23. The van der Waals surface area contributed by atoms with Gasteiger partial charge in [-0.3, -0.25) is 24.6 Å². The number of nitro benzene ring substituents is 1. The molecule has 0 N–H and O–H groups in total. The molecule has 2 aromatic carbocycles. The number of carbonyl (C=O) groups is 2. The quantitative estimate of drug-likeness (QED) is 0.407.